The van der Waals surface area contributed by atoms with E-state index in [1.807, 2.05) is 0 Å². The van der Waals surface area contributed by atoms with Gasteiger partial charge in [-0.2, -0.15) is 0 Å². The molecule has 0 aromatic heterocycles. The summed E-state index contributed by atoms with van der Waals surface area (Å²) in [5, 5.41) is 12.0. The average Bonchev–Trinajstić information content (AvgIpc) is 2.35. The number of hydrogen-bond donors (Lipinski definition) is 2. The lowest BCUT2D eigenvalue weighted by molar-refractivity contribution is 0.0950. The minimum absolute atomic E-state index is 0.147. The van der Waals surface area contributed by atoms with E-state index < -0.39 is 5.82 Å². The summed E-state index contributed by atoms with van der Waals surface area (Å²) in [4.78, 5) is 11.9. The van der Waals surface area contributed by atoms with Gasteiger partial charge in [0.2, 0.25) is 0 Å². The first-order valence-electron chi connectivity index (χ1n) is 5.88. The van der Waals surface area contributed by atoms with Gasteiger partial charge >= 0.3 is 0 Å². The van der Waals surface area contributed by atoms with Crippen molar-refractivity contribution in [3.8, 4) is 5.75 Å². The SMILES string of the molecule is Cc1cc(F)cc(C(=O)NCc2cccc(O)c2)c1. The summed E-state index contributed by atoms with van der Waals surface area (Å²) >= 11 is 0. The molecule has 0 fully saturated rings. The van der Waals surface area contributed by atoms with Gasteiger partial charge < -0.3 is 10.4 Å². The number of aromatic hydroxyl groups is 1. The Balaban J connectivity index is 2.05. The predicted octanol–water partition coefficient (Wildman–Crippen LogP) is 2.77. The van der Waals surface area contributed by atoms with Crippen molar-refractivity contribution in [2.24, 2.45) is 0 Å². The van der Waals surface area contributed by atoms with Crippen molar-refractivity contribution >= 4 is 5.91 Å². The molecule has 3 nitrogen and oxygen atoms in total. The van der Waals surface area contributed by atoms with Crippen LogP contribution < -0.4 is 5.32 Å². The smallest absolute Gasteiger partial charge is 0.251 e. The van der Waals surface area contributed by atoms with Crippen molar-refractivity contribution in [2.75, 3.05) is 0 Å². The number of amides is 1. The van der Waals surface area contributed by atoms with Crippen molar-refractivity contribution in [1.29, 1.82) is 0 Å². The fraction of sp³-hybridized carbons (Fsp3) is 0.133. The third-order valence-corrected chi connectivity index (χ3v) is 2.67. The Morgan fingerprint density at radius 2 is 2.05 bits per heavy atom. The van der Waals surface area contributed by atoms with Crippen LogP contribution in [0.1, 0.15) is 21.5 Å². The van der Waals surface area contributed by atoms with Crippen LogP contribution in [-0.2, 0) is 6.54 Å². The number of phenolic OH excluding ortho intramolecular Hbond substituents is 1. The van der Waals surface area contributed by atoms with Crippen LogP contribution in [0.4, 0.5) is 4.39 Å². The van der Waals surface area contributed by atoms with Crippen molar-refractivity contribution in [3.63, 3.8) is 0 Å². The number of carbonyl (C=O) groups excluding carboxylic acids is 1. The summed E-state index contributed by atoms with van der Waals surface area (Å²) in [5.74, 6) is -0.623. The van der Waals surface area contributed by atoms with Gasteiger partial charge in [-0.3, -0.25) is 4.79 Å². The van der Waals surface area contributed by atoms with E-state index in [0.717, 1.165) is 5.56 Å². The Morgan fingerprint density at radius 3 is 2.74 bits per heavy atom. The van der Waals surface area contributed by atoms with Crippen LogP contribution in [0.3, 0.4) is 0 Å². The third-order valence-electron chi connectivity index (χ3n) is 2.67. The molecule has 0 aliphatic carbocycles. The van der Waals surface area contributed by atoms with Gasteiger partial charge in [-0.25, -0.2) is 4.39 Å². The highest BCUT2D eigenvalue weighted by Crippen LogP contribution is 2.11. The van der Waals surface area contributed by atoms with Crippen LogP contribution in [0.15, 0.2) is 42.5 Å². The van der Waals surface area contributed by atoms with Gasteiger partial charge in [0.15, 0.2) is 0 Å². The molecular formula is C15H14FNO2. The highest BCUT2D eigenvalue weighted by molar-refractivity contribution is 5.94. The Morgan fingerprint density at radius 1 is 1.26 bits per heavy atom. The lowest BCUT2D eigenvalue weighted by atomic mass is 10.1. The van der Waals surface area contributed by atoms with E-state index in [1.54, 1.807) is 37.3 Å². The van der Waals surface area contributed by atoms with E-state index in [9.17, 15) is 14.3 Å². The summed E-state index contributed by atoms with van der Waals surface area (Å²) in [6.45, 7) is 2.01. The first-order valence-corrected chi connectivity index (χ1v) is 5.88. The summed E-state index contributed by atoms with van der Waals surface area (Å²) < 4.78 is 13.2. The number of aryl methyl sites for hydroxylation is 1. The monoisotopic (exact) mass is 259 g/mol. The molecule has 0 aliphatic rings. The molecule has 2 rings (SSSR count). The Bertz CT molecular complexity index is 591. The van der Waals surface area contributed by atoms with Crippen LogP contribution in [0.5, 0.6) is 5.75 Å². The zero-order valence-electron chi connectivity index (χ0n) is 10.5. The van der Waals surface area contributed by atoms with Crippen LogP contribution in [0, 0.1) is 12.7 Å². The largest absolute Gasteiger partial charge is 0.508 e. The van der Waals surface area contributed by atoms with Crippen molar-refractivity contribution in [3.05, 3.63) is 65.0 Å². The number of phenols is 1. The number of carbonyl (C=O) groups is 1. The number of halogens is 1. The van der Waals surface area contributed by atoms with Crippen LogP contribution in [0.2, 0.25) is 0 Å². The second-order valence-corrected chi connectivity index (χ2v) is 4.37. The third kappa shape index (κ3) is 3.55. The number of nitrogens with one attached hydrogen (secondary N) is 1. The van der Waals surface area contributed by atoms with Gasteiger partial charge in [-0.15, -0.1) is 0 Å². The van der Waals surface area contributed by atoms with Gasteiger partial charge in [-0.05, 0) is 48.4 Å². The lowest BCUT2D eigenvalue weighted by Gasteiger charge is -2.06. The van der Waals surface area contributed by atoms with Gasteiger partial charge in [0.1, 0.15) is 11.6 Å². The molecule has 0 atom stereocenters. The van der Waals surface area contributed by atoms with Crippen LogP contribution in [-0.4, -0.2) is 11.0 Å². The Kier molecular flexibility index (Phi) is 3.80. The molecule has 0 bridgehead atoms. The van der Waals surface area contributed by atoms with E-state index in [4.69, 9.17) is 0 Å². The highest BCUT2D eigenvalue weighted by atomic mass is 19.1. The number of benzene rings is 2. The predicted molar refractivity (Wildman–Crippen MR) is 70.4 cm³/mol. The average molecular weight is 259 g/mol. The molecule has 19 heavy (non-hydrogen) atoms. The molecule has 98 valence electrons. The maximum absolute atomic E-state index is 13.2. The normalized spacial score (nSPS) is 10.2. The summed E-state index contributed by atoms with van der Waals surface area (Å²) in [6, 6.07) is 10.8. The van der Waals surface area contributed by atoms with Gasteiger partial charge in [0.05, 0.1) is 0 Å². The maximum atomic E-state index is 13.2. The fourth-order valence-electron chi connectivity index (χ4n) is 1.82. The second kappa shape index (κ2) is 5.52. The molecule has 0 spiro atoms. The molecular weight excluding hydrogens is 245 g/mol. The Hall–Kier alpha value is -2.36. The van der Waals surface area contributed by atoms with E-state index >= 15 is 0 Å². The summed E-state index contributed by atoms with van der Waals surface area (Å²) in [6.07, 6.45) is 0. The van der Waals surface area contributed by atoms with Crippen molar-refractivity contribution in [1.82, 2.24) is 5.32 Å². The molecule has 2 N–H and O–H groups in total. The molecule has 0 saturated heterocycles. The topological polar surface area (TPSA) is 49.3 Å². The zero-order chi connectivity index (χ0) is 13.8. The first-order chi connectivity index (χ1) is 9.04. The molecule has 1 amide bonds. The first kappa shape index (κ1) is 13.1. The second-order valence-electron chi connectivity index (χ2n) is 4.37. The molecule has 4 heteroatoms. The number of rotatable bonds is 3. The van der Waals surface area contributed by atoms with Crippen molar-refractivity contribution in [2.45, 2.75) is 13.5 Å². The fourth-order valence-corrected chi connectivity index (χ4v) is 1.82. The lowest BCUT2D eigenvalue weighted by Crippen LogP contribution is -2.22. The molecule has 0 radical (unpaired) electrons. The molecule has 0 unspecified atom stereocenters. The van der Waals surface area contributed by atoms with E-state index in [2.05, 4.69) is 5.32 Å². The zero-order valence-corrected chi connectivity index (χ0v) is 10.5. The molecule has 0 saturated carbocycles. The van der Waals surface area contributed by atoms with Crippen molar-refractivity contribution < 1.29 is 14.3 Å². The summed E-state index contributed by atoms with van der Waals surface area (Å²) in [7, 11) is 0. The molecule has 2 aromatic carbocycles. The Labute approximate surface area is 110 Å². The quantitative estimate of drug-likeness (QED) is 0.890. The van der Waals surface area contributed by atoms with Crippen LogP contribution in [0.25, 0.3) is 0 Å². The van der Waals surface area contributed by atoms with Crippen LogP contribution >= 0.6 is 0 Å². The maximum Gasteiger partial charge on any atom is 0.251 e. The minimum atomic E-state index is -0.428. The van der Waals surface area contributed by atoms with Gasteiger partial charge in [-0.1, -0.05) is 12.1 Å². The highest BCUT2D eigenvalue weighted by Gasteiger charge is 2.07. The van der Waals surface area contributed by atoms with Gasteiger partial charge in [0.25, 0.3) is 5.91 Å². The minimum Gasteiger partial charge on any atom is -0.508 e. The molecule has 2 aromatic rings. The summed E-state index contributed by atoms with van der Waals surface area (Å²) in [5.41, 5.74) is 1.77. The standard InChI is InChI=1S/C15H14FNO2/c1-10-5-12(8-13(16)6-10)15(19)17-9-11-3-2-4-14(18)7-11/h2-8,18H,9H2,1H3,(H,17,19). The van der Waals surface area contributed by atoms with Gasteiger partial charge in [0, 0.05) is 12.1 Å². The number of hydrogen-bond acceptors (Lipinski definition) is 2. The molecule has 0 aliphatic heterocycles. The van der Waals surface area contributed by atoms with E-state index in [1.165, 1.54) is 12.1 Å². The molecule has 0 heterocycles. The van der Waals surface area contributed by atoms with E-state index in [-0.39, 0.29) is 23.8 Å². The van der Waals surface area contributed by atoms with E-state index in [0.29, 0.717) is 5.56 Å².